The van der Waals surface area contributed by atoms with Gasteiger partial charge in [-0.25, -0.2) is 9.78 Å². The van der Waals surface area contributed by atoms with Crippen LogP contribution in [0.15, 0.2) is 22.9 Å². The standard InChI is InChI=1S/C14H15N3O4S2/c1-15-11(18)6-17(2)12(19)7-21-14(20)9-8-23-13(16-9)10-4-3-5-22-10/h3-5,8H,6-7H2,1-2H3,(H,15,18). The van der Waals surface area contributed by atoms with E-state index in [0.717, 1.165) is 9.88 Å². The van der Waals surface area contributed by atoms with Crippen LogP contribution in [0.5, 0.6) is 0 Å². The number of thiazole rings is 1. The molecule has 2 aromatic heterocycles. The van der Waals surface area contributed by atoms with Gasteiger partial charge in [0.15, 0.2) is 12.3 Å². The van der Waals surface area contributed by atoms with Gasteiger partial charge in [-0.05, 0) is 11.4 Å². The summed E-state index contributed by atoms with van der Waals surface area (Å²) in [5.74, 6) is -1.42. The van der Waals surface area contributed by atoms with E-state index in [4.69, 9.17) is 4.74 Å². The van der Waals surface area contributed by atoms with Gasteiger partial charge in [0.25, 0.3) is 5.91 Å². The molecule has 2 aromatic rings. The molecule has 1 N–H and O–H groups in total. The Balaban J connectivity index is 1.87. The van der Waals surface area contributed by atoms with Crippen LogP contribution in [-0.2, 0) is 14.3 Å². The normalized spacial score (nSPS) is 10.2. The summed E-state index contributed by atoms with van der Waals surface area (Å²) in [5, 5.41) is 6.66. The molecule has 0 aliphatic heterocycles. The summed E-state index contributed by atoms with van der Waals surface area (Å²) in [6.07, 6.45) is 0. The Kier molecular flexibility index (Phi) is 5.83. The van der Waals surface area contributed by atoms with Crippen molar-refractivity contribution in [3.05, 3.63) is 28.6 Å². The first-order valence-corrected chi connectivity index (χ1v) is 8.38. The van der Waals surface area contributed by atoms with Gasteiger partial charge in [0.2, 0.25) is 5.91 Å². The number of nitrogens with zero attached hydrogens (tertiary/aromatic N) is 2. The zero-order chi connectivity index (χ0) is 16.8. The van der Waals surface area contributed by atoms with Gasteiger partial charge in [0.1, 0.15) is 5.01 Å². The number of rotatable bonds is 6. The Morgan fingerprint density at radius 1 is 1.35 bits per heavy atom. The van der Waals surface area contributed by atoms with E-state index >= 15 is 0 Å². The maximum Gasteiger partial charge on any atom is 0.358 e. The molecule has 7 nitrogen and oxygen atoms in total. The van der Waals surface area contributed by atoms with Crippen LogP contribution in [0.1, 0.15) is 10.5 Å². The third-order valence-corrected chi connectivity index (χ3v) is 4.74. The number of amides is 2. The third kappa shape index (κ3) is 4.60. The quantitative estimate of drug-likeness (QED) is 0.789. The van der Waals surface area contributed by atoms with Crippen LogP contribution in [0.4, 0.5) is 0 Å². The summed E-state index contributed by atoms with van der Waals surface area (Å²) >= 11 is 2.87. The molecule has 2 amide bonds. The van der Waals surface area contributed by atoms with Crippen LogP contribution in [0, 0.1) is 0 Å². The van der Waals surface area contributed by atoms with E-state index in [9.17, 15) is 14.4 Å². The monoisotopic (exact) mass is 353 g/mol. The molecule has 0 spiro atoms. The number of carbonyl (C=O) groups excluding carboxylic acids is 3. The third-order valence-electron chi connectivity index (χ3n) is 2.86. The lowest BCUT2D eigenvalue weighted by Crippen LogP contribution is -2.39. The molecule has 0 saturated heterocycles. The molecule has 2 rings (SSSR count). The molecule has 9 heteroatoms. The molecule has 23 heavy (non-hydrogen) atoms. The van der Waals surface area contributed by atoms with Crippen molar-refractivity contribution >= 4 is 40.5 Å². The summed E-state index contributed by atoms with van der Waals surface area (Å²) < 4.78 is 4.94. The SMILES string of the molecule is CNC(=O)CN(C)C(=O)COC(=O)c1csc(-c2cccs2)n1. The number of hydrogen-bond acceptors (Lipinski definition) is 7. The summed E-state index contributed by atoms with van der Waals surface area (Å²) in [7, 11) is 2.94. The van der Waals surface area contributed by atoms with Crippen LogP contribution in [0.3, 0.4) is 0 Å². The number of carbonyl (C=O) groups is 3. The van der Waals surface area contributed by atoms with E-state index in [1.807, 2.05) is 17.5 Å². The Bertz CT molecular complexity index is 697. The van der Waals surface area contributed by atoms with Crippen LogP contribution < -0.4 is 5.32 Å². The van der Waals surface area contributed by atoms with Crippen LogP contribution in [0.25, 0.3) is 9.88 Å². The summed E-state index contributed by atoms with van der Waals surface area (Å²) in [6.45, 7) is -0.524. The molecule has 0 unspecified atom stereocenters. The molecule has 0 aromatic carbocycles. The van der Waals surface area contributed by atoms with E-state index in [1.54, 1.807) is 5.38 Å². The summed E-state index contributed by atoms with van der Waals surface area (Å²) in [6, 6.07) is 3.82. The number of ether oxygens (including phenoxy) is 1. The highest BCUT2D eigenvalue weighted by Crippen LogP contribution is 2.27. The minimum absolute atomic E-state index is 0.0912. The fourth-order valence-corrected chi connectivity index (χ4v) is 3.18. The predicted molar refractivity (Wildman–Crippen MR) is 87.4 cm³/mol. The lowest BCUT2D eigenvalue weighted by Gasteiger charge is -2.15. The highest BCUT2D eigenvalue weighted by Gasteiger charge is 2.17. The van der Waals surface area contributed by atoms with Crippen molar-refractivity contribution in [3.8, 4) is 9.88 Å². The lowest BCUT2D eigenvalue weighted by molar-refractivity contribution is -0.137. The van der Waals surface area contributed by atoms with Crippen molar-refractivity contribution in [2.45, 2.75) is 0 Å². The van der Waals surface area contributed by atoms with Crippen molar-refractivity contribution in [3.63, 3.8) is 0 Å². The molecule has 0 aliphatic rings. The molecule has 0 atom stereocenters. The van der Waals surface area contributed by atoms with E-state index in [0.29, 0.717) is 0 Å². The molecule has 122 valence electrons. The number of likely N-dealkylation sites (N-methyl/N-ethyl adjacent to an activating group) is 2. The first-order chi connectivity index (χ1) is 11.0. The second-order valence-corrected chi connectivity index (χ2v) is 6.32. The maximum atomic E-state index is 11.9. The highest BCUT2D eigenvalue weighted by atomic mass is 32.1. The first-order valence-electron chi connectivity index (χ1n) is 6.62. The largest absolute Gasteiger partial charge is 0.451 e. The lowest BCUT2D eigenvalue weighted by atomic mass is 10.4. The molecule has 0 aliphatic carbocycles. The van der Waals surface area contributed by atoms with Gasteiger partial charge in [0, 0.05) is 19.5 Å². The van der Waals surface area contributed by atoms with Gasteiger partial charge in [-0.2, -0.15) is 0 Å². The minimum Gasteiger partial charge on any atom is -0.451 e. The number of nitrogens with one attached hydrogen (secondary N) is 1. The van der Waals surface area contributed by atoms with Gasteiger partial charge in [-0.15, -0.1) is 22.7 Å². The number of hydrogen-bond donors (Lipinski definition) is 1. The van der Waals surface area contributed by atoms with Crippen molar-refractivity contribution < 1.29 is 19.1 Å². The van der Waals surface area contributed by atoms with Crippen LogP contribution in [-0.4, -0.2) is 54.9 Å². The van der Waals surface area contributed by atoms with Crippen LogP contribution >= 0.6 is 22.7 Å². The van der Waals surface area contributed by atoms with Crippen molar-refractivity contribution in [1.29, 1.82) is 0 Å². The van der Waals surface area contributed by atoms with Crippen molar-refractivity contribution in [2.75, 3.05) is 27.2 Å². The Labute approximate surface area is 140 Å². The number of thiophene rings is 1. The van der Waals surface area contributed by atoms with Gasteiger partial charge in [0.05, 0.1) is 11.4 Å². The van der Waals surface area contributed by atoms with Gasteiger partial charge in [-0.1, -0.05) is 6.07 Å². The fourth-order valence-electron chi connectivity index (χ4n) is 1.57. The average Bonchev–Trinajstić information content (AvgIpc) is 3.22. The van der Waals surface area contributed by atoms with Gasteiger partial charge >= 0.3 is 5.97 Å². The Hall–Kier alpha value is -2.26. The molecule has 2 heterocycles. The summed E-state index contributed by atoms with van der Waals surface area (Å²) in [5.41, 5.74) is 0.167. The average molecular weight is 353 g/mol. The topological polar surface area (TPSA) is 88.6 Å². The van der Waals surface area contributed by atoms with E-state index in [2.05, 4.69) is 10.3 Å². The summed E-state index contributed by atoms with van der Waals surface area (Å²) in [4.78, 5) is 41.2. The molecular weight excluding hydrogens is 338 g/mol. The molecule has 0 bridgehead atoms. The minimum atomic E-state index is -0.661. The zero-order valence-electron chi connectivity index (χ0n) is 12.6. The molecule has 0 radical (unpaired) electrons. The Morgan fingerprint density at radius 2 is 2.13 bits per heavy atom. The molecule has 0 fully saturated rings. The number of esters is 1. The second-order valence-electron chi connectivity index (χ2n) is 4.51. The maximum absolute atomic E-state index is 11.9. The Morgan fingerprint density at radius 3 is 2.78 bits per heavy atom. The van der Waals surface area contributed by atoms with E-state index in [-0.39, 0.29) is 18.1 Å². The second kappa shape index (κ2) is 7.84. The van der Waals surface area contributed by atoms with Gasteiger partial charge < -0.3 is 15.0 Å². The zero-order valence-corrected chi connectivity index (χ0v) is 14.2. The van der Waals surface area contributed by atoms with Crippen LogP contribution in [0.2, 0.25) is 0 Å². The predicted octanol–water partition coefficient (Wildman–Crippen LogP) is 1.23. The van der Waals surface area contributed by atoms with Gasteiger partial charge in [-0.3, -0.25) is 9.59 Å². The van der Waals surface area contributed by atoms with E-state index in [1.165, 1.54) is 41.7 Å². The highest BCUT2D eigenvalue weighted by molar-refractivity contribution is 7.20. The first kappa shape index (κ1) is 17.1. The van der Waals surface area contributed by atoms with Crippen molar-refractivity contribution in [1.82, 2.24) is 15.2 Å². The fraction of sp³-hybridized carbons (Fsp3) is 0.286. The smallest absolute Gasteiger partial charge is 0.358 e. The molecule has 0 saturated carbocycles. The van der Waals surface area contributed by atoms with E-state index < -0.39 is 18.5 Å². The molecular formula is C14H15N3O4S2. The number of aromatic nitrogens is 1. The van der Waals surface area contributed by atoms with Crippen molar-refractivity contribution in [2.24, 2.45) is 0 Å².